The van der Waals surface area contributed by atoms with Gasteiger partial charge in [-0.2, -0.15) is 0 Å². The molecule has 3 atom stereocenters. The molecule has 0 bridgehead atoms. The number of fused-ring (bicyclic) bond motifs is 1. The molecule has 2 rings (SSSR count). The minimum Gasteiger partial charge on any atom is -0.299 e. The molecule has 0 saturated heterocycles. The Bertz CT molecular complexity index is 324. The Morgan fingerprint density at radius 3 is 2.69 bits per heavy atom. The van der Waals surface area contributed by atoms with Crippen LogP contribution in [0.3, 0.4) is 0 Å². The zero-order chi connectivity index (χ0) is 11.9. The predicted molar refractivity (Wildman–Crippen MR) is 67.2 cm³/mol. The number of carbonyl (C=O) groups excluding carboxylic acids is 1. The topological polar surface area (TPSA) is 17.1 Å². The van der Waals surface area contributed by atoms with Gasteiger partial charge in [-0.3, -0.25) is 4.79 Å². The average molecular weight is 220 g/mol. The summed E-state index contributed by atoms with van der Waals surface area (Å²) in [6.07, 6.45) is 6.47. The molecule has 16 heavy (non-hydrogen) atoms. The van der Waals surface area contributed by atoms with Gasteiger partial charge in [-0.25, -0.2) is 0 Å². The first-order valence-electron chi connectivity index (χ1n) is 6.63. The van der Waals surface area contributed by atoms with Crippen molar-refractivity contribution >= 4 is 5.78 Å². The predicted octanol–water partition coefficient (Wildman–Crippen LogP) is 3.98. The fourth-order valence-electron chi connectivity index (χ4n) is 3.70. The van der Waals surface area contributed by atoms with Crippen LogP contribution in [-0.4, -0.2) is 5.78 Å². The van der Waals surface area contributed by atoms with E-state index >= 15 is 0 Å². The lowest BCUT2D eigenvalue weighted by Crippen LogP contribution is -2.15. The molecule has 90 valence electrons. The summed E-state index contributed by atoms with van der Waals surface area (Å²) in [5, 5.41) is 0. The number of ketones is 1. The van der Waals surface area contributed by atoms with Gasteiger partial charge in [0.05, 0.1) is 0 Å². The Balaban J connectivity index is 2.15. The van der Waals surface area contributed by atoms with Crippen molar-refractivity contribution in [3.63, 3.8) is 0 Å². The summed E-state index contributed by atoms with van der Waals surface area (Å²) in [5.74, 6) is 2.18. The van der Waals surface area contributed by atoms with Crippen LogP contribution in [0.15, 0.2) is 11.6 Å². The Labute approximate surface area is 99.3 Å². The molecule has 1 nitrogen and oxygen atoms in total. The zero-order valence-electron chi connectivity index (χ0n) is 11.0. The van der Waals surface area contributed by atoms with E-state index in [1.807, 2.05) is 0 Å². The maximum absolute atomic E-state index is 12.0. The SMILES string of the molecule is C/C1=C/CCC(=O)C(C)[C@H]2[C@@H](CC1)C2(C)C. The first kappa shape index (κ1) is 11.9. The third-order valence-corrected chi connectivity index (χ3v) is 4.92. The molecule has 1 heteroatoms. The van der Waals surface area contributed by atoms with Crippen molar-refractivity contribution in [1.82, 2.24) is 0 Å². The minimum atomic E-state index is 0.284. The molecule has 0 amide bonds. The van der Waals surface area contributed by atoms with Gasteiger partial charge in [-0.1, -0.05) is 32.4 Å². The normalized spacial score (nSPS) is 41.9. The summed E-state index contributed by atoms with van der Waals surface area (Å²) in [6, 6.07) is 0. The second kappa shape index (κ2) is 4.01. The molecule has 0 N–H and O–H groups in total. The highest BCUT2D eigenvalue weighted by Gasteiger charge is 2.59. The Hall–Kier alpha value is -0.590. The number of Topliss-reactive ketones (excluding diaryl/α,β-unsaturated/α-hetero) is 1. The molecule has 1 fully saturated rings. The van der Waals surface area contributed by atoms with Crippen molar-refractivity contribution in [2.45, 2.75) is 53.4 Å². The van der Waals surface area contributed by atoms with E-state index in [1.165, 1.54) is 18.4 Å². The molecule has 0 heterocycles. The summed E-state index contributed by atoms with van der Waals surface area (Å²) in [5.41, 5.74) is 1.88. The van der Waals surface area contributed by atoms with Gasteiger partial charge in [0.25, 0.3) is 0 Å². The lowest BCUT2D eigenvalue weighted by atomic mass is 9.91. The van der Waals surface area contributed by atoms with Crippen LogP contribution in [0.5, 0.6) is 0 Å². The molecule has 0 aromatic carbocycles. The molecule has 1 saturated carbocycles. The third-order valence-electron chi connectivity index (χ3n) is 4.92. The second-order valence-electron chi connectivity index (χ2n) is 6.34. The molecule has 0 aliphatic heterocycles. The van der Waals surface area contributed by atoms with Gasteiger partial charge in [0.15, 0.2) is 0 Å². The first-order valence-corrected chi connectivity index (χ1v) is 6.63. The largest absolute Gasteiger partial charge is 0.299 e. The maximum Gasteiger partial charge on any atom is 0.136 e. The van der Waals surface area contributed by atoms with E-state index in [0.717, 1.165) is 18.8 Å². The minimum absolute atomic E-state index is 0.284. The van der Waals surface area contributed by atoms with E-state index < -0.39 is 0 Å². The van der Waals surface area contributed by atoms with E-state index in [2.05, 4.69) is 33.8 Å². The van der Waals surface area contributed by atoms with Crippen LogP contribution in [0, 0.1) is 23.2 Å². The van der Waals surface area contributed by atoms with Crippen molar-refractivity contribution < 1.29 is 4.79 Å². The molecule has 2 aliphatic rings. The number of allylic oxidation sites excluding steroid dienone is 2. The van der Waals surface area contributed by atoms with Crippen molar-refractivity contribution in [3.05, 3.63) is 11.6 Å². The van der Waals surface area contributed by atoms with Gasteiger partial charge in [0, 0.05) is 12.3 Å². The fraction of sp³-hybridized carbons (Fsp3) is 0.800. The molecular weight excluding hydrogens is 196 g/mol. The second-order valence-corrected chi connectivity index (χ2v) is 6.34. The summed E-state index contributed by atoms with van der Waals surface area (Å²) >= 11 is 0. The van der Waals surface area contributed by atoms with Gasteiger partial charge in [-0.15, -0.1) is 0 Å². The van der Waals surface area contributed by atoms with Crippen molar-refractivity contribution in [2.24, 2.45) is 23.2 Å². The van der Waals surface area contributed by atoms with Crippen LogP contribution in [0.25, 0.3) is 0 Å². The van der Waals surface area contributed by atoms with E-state index in [4.69, 9.17) is 0 Å². The molecule has 0 aromatic heterocycles. The van der Waals surface area contributed by atoms with Crippen LogP contribution in [0.1, 0.15) is 53.4 Å². The van der Waals surface area contributed by atoms with Crippen molar-refractivity contribution in [3.8, 4) is 0 Å². The Morgan fingerprint density at radius 2 is 2.00 bits per heavy atom. The van der Waals surface area contributed by atoms with Gasteiger partial charge in [0.2, 0.25) is 0 Å². The zero-order valence-corrected chi connectivity index (χ0v) is 11.0. The highest BCUT2D eigenvalue weighted by Crippen LogP contribution is 2.64. The molecule has 0 spiro atoms. The molecular formula is C15H24O. The van der Waals surface area contributed by atoms with Crippen LogP contribution < -0.4 is 0 Å². The highest BCUT2D eigenvalue weighted by molar-refractivity contribution is 5.81. The Morgan fingerprint density at radius 1 is 1.31 bits per heavy atom. The van der Waals surface area contributed by atoms with E-state index in [0.29, 0.717) is 17.1 Å². The summed E-state index contributed by atoms with van der Waals surface area (Å²) in [7, 11) is 0. The lowest BCUT2D eigenvalue weighted by Gasteiger charge is -2.12. The van der Waals surface area contributed by atoms with Gasteiger partial charge >= 0.3 is 0 Å². The number of rotatable bonds is 0. The summed E-state index contributed by atoms with van der Waals surface area (Å²) in [4.78, 5) is 12.0. The van der Waals surface area contributed by atoms with Crippen LogP contribution in [0.4, 0.5) is 0 Å². The monoisotopic (exact) mass is 220 g/mol. The molecule has 0 radical (unpaired) electrons. The van der Waals surface area contributed by atoms with Crippen LogP contribution in [0.2, 0.25) is 0 Å². The lowest BCUT2D eigenvalue weighted by molar-refractivity contribution is -0.123. The van der Waals surface area contributed by atoms with Gasteiger partial charge < -0.3 is 0 Å². The van der Waals surface area contributed by atoms with Gasteiger partial charge in [0.1, 0.15) is 5.78 Å². The Kier molecular flexibility index (Phi) is 2.98. The number of carbonyl (C=O) groups is 1. The molecule has 1 unspecified atom stereocenters. The van der Waals surface area contributed by atoms with Gasteiger partial charge in [-0.05, 0) is 43.4 Å². The van der Waals surface area contributed by atoms with Crippen molar-refractivity contribution in [1.29, 1.82) is 0 Å². The van der Waals surface area contributed by atoms with E-state index in [9.17, 15) is 4.79 Å². The van der Waals surface area contributed by atoms with Crippen molar-refractivity contribution in [2.75, 3.05) is 0 Å². The first-order chi connectivity index (χ1) is 7.44. The third kappa shape index (κ3) is 1.97. The maximum atomic E-state index is 12.0. The fourth-order valence-corrected chi connectivity index (χ4v) is 3.70. The number of hydrogen-bond acceptors (Lipinski definition) is 1. The standard InChI is InChI=1S/C15H24O/c1-10-6-5-7-13(16)11(2)14-12(9-8-10)15(14,3)4/h6,11-12,14H,5,7-9H2,1-4H3/b10-6-/t11?,12-,14+/m1/s1. The average Bonchev–Trinajstić information content (AvgIpc) is 2.75. The quantitative estimate of drug-likeness (QED) is 0.564. The van der Waals surface area contributed by atoms with Crippen LogP contribution >= 0.6 is 0 Å². The molecule has 2 aliphatic carbocycles. The molecule has 0 aromatic rings. The summed E-state index contributed by atoms with van der Waals surface area (Å²) < 4.78 is 0. The van der Waals surface area contributed by atoms with E-state index in [-0.39, 0.29) is 5.92 Å². The smallest absolute Gasteiger partial charge is 0.136 e. The summed E-state index contributed by atoms with van der Waals surface area (Å²) in [6.45, 7) is 9.03. The highest BCUT2D eigenvalue weighted by atomic mass is 16.1. The van der Waals surface area contributed by atoms with Crippen LogP contribution in [-0.2, 0) is 4.79 Å². The number of hydrogen-bond donors (Lipinski definition) is 0. The van der Waals surface area contributed by atoms with E-state index in [1.54, 1.807) is 0 Å².